The minimum Gasteiger partial charge on any atom is -0.326 e. The van der Waals surface area contributed by atoms with Gasteiger partial charge in [-0.3, -0.25) is 4.90 Å². The summed E-state index contributed by atoms with van der Waals surface area (Å²) >= 11 is 1.98. The molecule has 0 radical (unpaired) electrons. The molecule has 0 amide bonds. The Hall–Kier alpha value is -0.580. The summed E-state index contributed by atoms with van der Waals surface area (Å²) in [6.45, 7) is 3.49. The largest absolute Gasteiger partial charge is 0.326 e. The molecule has 2 nitrogen and oxygen atoms in total. The van der Waals surface area contributed by atoms with E-state index in [2.05, 4.69) is 4.90 Å². The van der Waals surface area contributed by atoms with Crippen LogP contribution in [0.5, 0.6) is 0 Å². The van der Waals surface area contributed by atoms with Crippen LogP contribution >= 0.6 is 11.8 Å². The monoisotopic (exact) mass is 240 g/mol. The lowest BCUT2D eigenvalue weighted by atomic mass is 10.1. The summed E-state index contributed by atoms with van der Waals surface area (Å²) in [5.41, 5.74) is 7.75. The minimum absolute atomic E-state index is 0.168. The highest BCUT2D eigenvalue weighted by Crippen LogP contribution is 2.16. The minimum atomic E-state index is -0.168. The maximum absolute atomic E-state index is 13.2. The lowest BCUT2D eigenvalue weighted by molar-refractivity contribution is 0.293. The van der Waals surface area contributed by atoms with Gasteiger partial charge >= 0.3 is 0 Å². The molecule has 0 bridgehead atoms. The van der Waals surface area contributed by atoms with E-state index in [1.165, 1.54) is 17.6 Å². The van der Waals surface area contributed by atoms with Crippen molar-refractivity contribution in [1.29, 1.82) is 0 Å². The molecule has 0 atom stereocenters. The molecule has 4 heteroatoms. The molecule has 1 aromatic carbocycles. The lowest BCUT2D eigenvalue weighted by Gasteiger charge is -2.26. The van der Waals surface area contributed by atoms with Gasteiger partial charge in [-0.05, 0) is 23.3 Å². The van der Waals surface area contributed by atoms with Crippen molar-refractivity contribution < 1.29 is 4.39 Å². The SMILES string of the molecule is NCc1ccc(F)cc1CN1CCSCC1. The van der Waals surface area contributed by atoms with Crippen molar-refractivity contribution in [2.24, 2.45) is 5.73 Å². The van der Waals surface area contributed by atoms with Gasteiger partial charge in [0.2, 0.25) is 0 Å². The number of nitrogens with zero attached hydrogens (tertiary/aromatic N) is 1. The number of nitrogens with two attached hydrogens (primary N) is 1. The summed E-state index contributed by atoms with van der Waals surface area (Å²) < 4.78 is 13.2. The normalized spacial score (nSPS) is 17.6. The zero-order valence-electron chi connectivity index (χ0n) is 9.29. The van der Waals surface area contributed by atoms with Crippen molar-refractivity contribution >= 4 is 11.8 Å². The van der Waals surface area contributed by atoms with Gasteiger partial charge in [-0.15, -0.1) is 0 Å². The third-order valence-corrected chi connectivity index (χ3v) is 3.83. The fraction of sp³-hybridized carbons (Fsp3) is 0.500. The van der Waals surface area contributed by atoms with Gasteiger partial charge in [0.15, 0.2) is 0 Å². The molecule has 0 spiro atoms. The quantitative estimate of drug-likeness (QED) is 0.874. The predicted molar refractivity (Wildman–Crippen MR) is 66.9 cm³/mol. The zero-order valence-corrected chi connectivity index (χ0v) is 10.1. The van der Waals surface area contributed by atoms with Crippen molar-refractivity contribution in [1.82, 2.24) is 4.90 Å². The summed E-state index contributed by atoms with van der Waals surface area (Å²) in [7, 11) is 0. The molecule has 0 saturated carbocycles. The van der Waals surface area contributed by atoms with Gasteiger partial charge < -0.3 is 5.73 Å². The molecular formula is C12H17FN2S. The molecule has 1 aromatic rings. The van der Waals surface area contributed by atoms with Gasteiger partial charge in [-0.25, -0.2) is 4.39 Å². The maximum Gasteiger partial charge on any atom is 0.123 e. The van der Waals surface area contributed by atoms with Crippen LogP contribution in [0.3, 0.4) is 0 Å². The Morgan fingerprint density at radius 3 is 2.69 bits per heavy atom. The fourth-order valence-corrected chi connectivity index (χ4v) is 2.92. The first-order chi connectivity index (χ1) is 7.79. The first kappa shape index (κ1) is 11.9. The molecule has 1 aliphatic rings. The van der Waals surface area contributed by atoms with Gasteiger partial charge in [0.25, 0.3) is 0 Å². The smallest absolute Gasteiger partial charge is 0.123 e. The van der Waals surface area contributed by atoms with E-state index in [9.17, 15) is 4.39 Å². The molecule has 1 fully saturated rings. The molecule has 1 heterocycles. The van der Waals surface area contributed by atoms with E-state index in [-0.39, 0.29) is 5.82 Å². The number of thioether (sulfide) groups is 1. The topological polar surface area (TPSA) is 29.3 Å². The second kappa shape index (κ2) is 5.66. The molecule has 16 heavy (non-hydrogen) atoms. The highest BCUT2D eigenvalue weighted by atomic mass is 32.2. The van der Waals surface area contributed by atoms with E-state index in [1.807, 2.05) is 11.8 Å². The van der Waals surface area contributed by atoms with Crippen molar-refractivity contribution in [3.05, 3.63) is 35.1 Å². The van der Waals surface area contributed by atoms with Crippen LogP contribution in [0.4, 0.5) is 4.39 Å². The van der Waals surface area contributed by atoms with Crippen LogP contribution < -0.4 is 5.73 Å². The van der Waals surface area contributed by atoms with Gasteiger partial charge in [0.05, 0.1) is 0 Å². The molecular weight excluding hydrogens is 223 g/mol. The second-order valence-corrected chi connectivity index (χ2v) is 5.23. The number of rotatable bonds is 3. The number of halogens is 1. The Morgan fingerprint density at radius 1 is 1.25 bits per heavy atom. The summed E-state index contributed by atoms with van der Waals surface area (Å²) in [5, 5.41) is 0. The van der Waals surface area contributed by atoms with Crippen LogP contribution in [0.1, 0.15) is 11.1 Å². The number of hydrogen-bond donors (Lipinski definition) is 1. The van der Waals surface area contributed by atoms with Crippen LogP contribution in [0.2, 0.25) is 0 Å². The van der Waals surface area contributed by atoms with Crippen LogP contribution in [0.15, 0.2) is 18.2 Å². The van der Waals surface area contributed by atoms with E-state index < -0.39 is 0 Å². The average molecular weight is 240 g/mol. The number of benzene rings is 1. The van der Waals surface area contributed by atoms with Crippen molar-refractivity contribution in [3.8, 4) is 0 Å². The Bertz CT molecular complexity index is 351. The Labute approximate surface area is 100 Å². The highest BCUT2D eigenvalue weighted by Gasteiger charge is 2.12. The van der Waals surface area contributed by atoms with Crippen molar-refractivity contribution in [2.75, 3.05) is 24.6 Å². The third-order valence-electron chi connectivity index (χ3n) is 2.89. The molecule has 1 aliphatic heterocycles. The Morgan fingerprint density at radius 2 is 2.00 bits per heavy atom. The molecule has 1 saturated heterocycles. The average Bonchev–Trinajstić information content (AvgIpc) is 2.31. The molecule has 2 rings (SSSR count). The standard InChI is InChI=1S/C12H17FN2S/c13-12-2-1-10(8-14)11(7-12)9-15-3-5-16-6-4-15/h1-2,7H,3-6,8-9,14H2. The molecule has 2 N–H and O–H groups in total. The lowest BCUT2D eigenvalue weighted by Crippen LogP contribution is -2.32. The molecule has 0 unspecified atom stereocenters. The van der Waals surface area contributed by atoms with E-state index in [1.54, 1.807) is 12.1 Å². The first-order valence-electron chi connectivity index (χ1n) is 5.57. The van der Waals surface area contributed by atoms with E-state index in [0.717, 1.165) is 30.8 Å². The summed E-state index contributed by atoms with van der Waals surface area (Å²) in [4.78, 5) is 2.37. The van der Waals surface area contributed by atoms with Crippen LogP contribution in [0, 0.1) is 5.82 Å². The van der Waals surface area contributed by atoms with Crippen LogP contribution in [0.25, 0.3) is 0 Å². The van der Waals surface area contributed by atoms with Gasteiger partial charge in [0.1, 0.15) is 5.82 Å². The summed E-state index contributed by atoms with van der Waals surface area (Å²) in [5.74, 6) is 2.18. The van der Waals surface area contributed by atoms with Gasteiger partial charge in [-0.1, -0.05) is 6.07 Å². The van der Waals surface area contributed by atoms with E-state index in [4.69, 9.17) is 5.73 Å². The maximum atomic E-state index is 13.2. The van der Waals surface area contributed by atoms with E-state index >= 15 is 0 Å². The fourth-order valence-electron chi connectivity index (χ4n) is 1.94. The Balaban J connectivity index is 2.09. The molecule has 0 aliphatic carbocycles. The Kier molecular flexibility index (Phi) is 4.21. The van der Waals surface area contributed by atoms with Crippen LogP contribution in [-0.2, 0) is 13.1 Å². The molecule has 88 valence electrons. The first-order valence-corrected chi connectivity index (χ1v) is 6.72. The zero-order chi connectivity index (χ0) is 11.4. The highest BCUT2D eigenvalue weighted by molar-refractivity contribution is 7.99. The summed E-state index contributed by atoms with van der Waals surface area (Å²) in [6, 6.07) is 4.89. The van der Waals surface area contributed by atoms with E-state index in [0.29, 0.717) is 6.54 Å². The van der Waals surface area contributed by atoms with Crippen molar-refractivity contribution in [2.45, 2.75) is 13.1 Å². The van der Waals surface area contributed by atoms with Gasteiger partial charge in [0, 0.05) is 37.7 Å². The van der Waals surface area contributed by atoms with Gasteiger partial charge in [-0.2, -0.15) is 11.8 Å². The summed E-state index contributed by atoms with van der Waals surface area (Å²) in [6.07, 6.45) is 0. The number of hydrogen-bond acceptors (Lipinski definition) is 3. The second-order valence-electron chi connectivity index (χ2n) is 4.01. The molecule has 0 aromatic heterocycles. The van der Waals surface area contributed by atoms with Crippen molar-refractivity contribution in [3.63, 3.8) is 0 Å². The third kappa shape index (κ3) is 2.97. The predicted octanol–water partition coefficient (Wildman–Crippen LogP) is 1.83. The van der Waals surface area contributed by atoms with Crippen LogP contribution in [-0.4, -0.2) is 29.5 Å².